The lowest BCUT2D eigenvalue weighted by atomic mass is 9.86. The molecule has 0 unspecified atom stereocenters. The average molecular weight is 419 g/mol. The molecular weight excluding hydrogens is 391 g/mol. The summed E-state index contributed by atoms with van der Waals surface area (Å²) >= 11 is 0. The van der Waals surface area contributed by atoms with Gasteiger partial charge in [0, 0.05) is 31.7 Å². The van der Waals surface area contributed by atoms with Gasteiger partial charge in [-0.1, -0.05) is 32.9 Å². The Kier molecular flexibility index (Phi) is 6.10. The predicted octanol–water partition coefficient (Wildman–Crippen LogP) is 3.66. The fourth-order valence-corrected chi connectivity index (χ4v) is 4.86. The second-order valence-electron chi connectivity index (χ2n) is 8.33. The molecule has 29 heavy (non-hydrogen) atoms. The Hall–Kier alpha value is -2.25. The second kappa shape index (κ2) is 8.24. The Morgan fingerprint density at radius 2 is 1.52 bits per heavy atom. The Bertz CT molecular complexity index is 965. The molecule has 2 aromatic rings. The first kappa shape index (κ1) is 21.5. The van der Waals surface area contributed by atoms with Crippen molar-refractivity contribution in [3.05, 3.63) is 65.5 Å². The number of carbonyl (C=O) groups excluding carboxylic acids is 1. The minimum Gasteiger partial charge on any atom is -0.337 e. The fourth-order valence-electron chi connectivity index (χ4n) is 3.39. The molecular formula is C22H27FN2O3S. The lowest BCUT2D eigenvalue weighted by molar-refractivity contribution is 0.0764. The van der Waals surface area contributed by atoms with Crippen molar-refractivity contribution in [3.8, 4) is 0 Å². The van der Waals surface area contributed by atoms with Crippen LogP contribution in [0.15, 0.2) is 53.4 Å². The molecule has 1 heterocycles. The van der Waals surface area contributed by atoms with E-state index in [2.05, 4.69) is 20.8 Å². The molecule has 0 atom stereocenters. The number of benzene rings is 2. The van der Waals surface area contributed by atoms with E-state index in [0.717, 1.165) is 17.7 Å². The predicted molar refractivity (Wildman–Crippen MR) is 111 cm³/mol. The Morgan fingerprint density at radius 3 is 2.10 bits per heavy atom. The summed E-state index contributed by atoms with van der Waals surface area (Å²) in [5.41, 5.74) is 1.77. The van der Waals surface area contributed by atoms with Gasteiger partial charge in [-0.05, 0) is 53.8 Å². The Balaban J connectivity index is 1.71. The van der Waals surface area contributed by atoms with Crippen molar-refractivity contribution in [3.63, 3.8) is 0 Å². The van der Waals surface area contributed by atoms with Gasteiger partial charge in [-0.3, -0.25) is 4.79 Å². The number of nitrogens with zero attached hydrogens (tertiary/aromatic N) is 2. The summed E-state index contributed by atoms with van der Waals surface area (Å²) in [7, 11) is -3.71. The van der Waals surface area contributed by atoms with Crippen LogP contribution >= 0.6 is 0 Å². The van der Waals surface area contributed by atoms with Crippen LogP contribution in [0, 0.1) is 5.82 Å². The van der Waals surface area contributed by atoms with E-state index < -0.39 is 15.8 Å². The minimum atomic E-state index is -3.71. The fraction of sp³-hybridized carbons (Fsp3) is 0.409. The molecule has 0 spiro atoms. The van der Waals surface area contributed by atoms with Crippen LogP contribution in [0.25, 0.3) is 0 Å². The van der Waals surface area contributed by atoms with E-state index in [0.29, 0.717) is 31.6 Å². The maximum atomic E-state index is 13.1. The zero-order valence-electron chi connectivity index (χ0n) is 17.1. The highest BCUT2D eigenvalue weighted by Crippen LogP contribution is 2.23. The molecule has 1 aliphatic heterocycles. The van der Waals surface area contributed by atoms with Gasteiger partial charge in [-0.2, -0.15) is 4.31 Å². The van der Waals surface area contributed by atoms with Gasteiger partial charge >= 0.3 is 0 Å². The molecule has 0 N–H and O–H groups in total. The summed E-state index contributed by atoms with van der Waals surface area (Å²) in [6.07, 6.45) is 0.548. The maximum Gasteiger partial charge on any atom is 0.253 e. The van der Waals surface area contributed by atoms with Gasteiger partial charge in [0.05, 0.1) is 4.90 Å². The molecule has 5 nitrogen and oxygen atoms in total. The molecule has 1 aliphatic rings. The van der Waals surface area contributed by atoms with Crippen LogP contribution in [0.5, 0.6) is 0 Å². The first-order chi connectivity index (χ1) is 13.6. The van der Waals surface area contributed by atoms with E-state index in [-0.39, 0.29) is 22.8 Å². The third kappa shape index (κ3) is 4.85. The number of carbonyl (C=O) groups is 1. The number of halogens is 1. The standard InChI is InChI=1S/C22H27FN2O3S/c1-22(2,3)18-7-5-17(6-8-18)21(26)24-13-4-14-25(16-15-24)29(27,28)20-11-9-19(23)10-12-20/h5-12H,4,13-16H2,1-3H3. The first-order valence-corrected chi connectivity index (χ1v) is 11.2. The minimum absolute atomic E-state index is 0.0133. The second-order valence-corrected chi connectivity index (χ2v) is 10.3. The summed E-state index contributed by atoms with van der Waals surface area (Å²) < 4.78 is 40.2. The SMILES string of the molecule is CC(C)(C)c1ccc(C(=O)N2CCCN(S(=O)(=O)c3ccc(F)cc3)CC2)cc1. The molecule has 0 aliphatic carbocycles. The van der Waals surface area contributed by atoms with Crippen LogP contribution in [0.3, 0.4) is 0 Å². The van der Waals surface area contributed by atoms with Crippen molar-refractivity contribution in [2.45, 2.75) is 37.5 Å². The van der Waals surface area contributed by atoms with Gasteiger partial charge in [0.2, 0.25) is 10.0 Å². The summed E-state index contributed by atoms with van der Waals surface area (Å²) in [5.74, 6) is -0.569. The molecule has 3 rings (SSSR count). The summed E-state index contributed by atoms with van der Waals surface area (Å²) in [4.78, 5) is 14.7. The van der Waals surface area contributed by atoms with Crippen molar-refractivity contribution < 1.29 is 17.6 Å². The Morgan fingerprint density at radius 1 is 0.897 bits per heavy atom. The largest absolute Gasteiger partial charge is 0.337 e. The smallest absolute Gasteiger partial charge is 0.253 e. The lowest BCUT2D eigenvalue weighted by Gasteiger charge is -2.23. The molecule has 0 bridgehead atoms. The summed E-state index contributed by atoms with van der Waals surface area (Å²) in [6.45, 7) is 7.71. The van der Waals surface area contributed by atoms with Crippen LogP contribution in [-0.2, 0) is 15.4 Å². The third-order valence-electron chi connectivity index (χ3n) is 5.19. The molecule has 156 valence electrons. The van der Waals surface area contributed by atoms with Crippen molar-refractivity contribution in [2.24, 2.45) is 0 Å². The summed E-state index contributed by atoms with van der Waals surface area (Å²) in [5, 5.41) is 0. The van der Waals surface area contributed by atoms with Crippen molar-refractivity contribution in [2.75, 3.05) is 26.2 Å². The monoisotopic (exact) mass is 418 g/mol. The molecule has 1 fully saturated rings. The number of hydrogen-bond acceptors (Lipinski definition) is 3. The van der Waals surface area contributed by atoms with Crippen LogP contribution < -0.4 is 0 Å². The average Bonchev–Trinajstić information content (AvgIpc) is 2.94. The molecule has 2 aromatic carbocycles. The van der Waals surface area contributed by atoms with Gasteiger partial charge in [-0.25, -0.2) is 12.8 Å². The van der Waals surface area contributed by atoms with Crippen LogP contribution in [0.4, 0.5) is 4.39 Å². The molecule has 1 amide bonds. The zero-order chi connectivity index (χ0) is 21.2. The van der Waals surface area contributed by atoms with Gasteiger partial charge in [0.15, 0.2) is 0 Å². The quantitative estimate of drug-likeness (QED) is 0.764. The van der Waals surface area contributed by atoms with Crippen molar-refractivity contribution in [1.29, 1.82) is 0 Å². The van der Waals surface area contributed by atoms with E-state index in [4.69, 9.17) is 0 Å². The highest BCUT2D eigenvalue weighted by molar-refractivity contribution is 7.89. The normalized spacial score (nSPS) is 16.5. The maximum absolute atomic E-state index is 13.1. The number of amides is 1. The highest BCUT2D eigenvalue weighted by atomic mass is 32.2. The lowest BCUT2D eigenvalue weighted by Crippen LogP contribution is -2.37. The van der Waals surface area contributed by atoms with Crippen LogP contribution in [0.2, 0.25) is 0 Å². The van der Waals surface area contributed by atoms with Gasteiger partial charge < -0.3 is 4.90 Å². The Labute approximate surface area is 172 Å². The van der Waals surface area contributed by atoms with Crippen molar-refractivity contribution >= 4 is 15.9 Å². The van der Waals surface area contributed by atoms with Gasteiger partial charge in [0.1, 0.15) is 5.82 Å². The van der Waals surface area contributed by atoms with E-state index in [1.165, 1.54) is 16.4 Å². The molecule has 7 heteroatoms. The van der Waals surface area contributed by atoms with Crippen LogP contribution in [-0.4, -0.2) is 49.7 Å². The topological polar surface area (TPSA) is 57.7 Å². The first-order valence-electron chi connectivity index (χ1n) is 9.74. The third-order valence-corrected chi connectivity index (χ3v) is 7.10. The van der Waals surface area contributed by atoms with Crippen LogP contribution in [0.1, 0.15) is 43.1 Å². The zero-order valence-corrected chi connectivity index (χ0v) is 17.9. The van der Waals surface area contributed by atoms with E-state index in [9.17, 15) is 17.6 Å². The highest BCUT2D eigenvalue weighted by Gasteiger charge is 2.28. The van der Waals surface area contributed by atoms with Gasteiger partial charge in [-0.15, -0.1) is 0 Å². The molecule has 0 radical (unpaired) electrons. The number of hydrogen-bond donors (Lipinski definition) is 0. The van der Waals surface area contributed by atoms with E-state index in [1.54, 1.807) is 4.90 Å². The molecule has 0 saturated carbocycles. The number of sulfonamides is 1. The van der Waals surface area contributed by atoms with Gasteiger partial charge in [0.25, 0.3) is 5.91 Å². The summed E-state index contributed by atoms with van der Waals surface area (Å²) in [6, 6.07) is 12.4. The van der Waals surface area contributed by atoms with Crippen molar-refractivity contribution in [1.82, 2.24) is 9.21 Å². The number of rotatable bonds is 3. The van der Waals surface area contributed by atoms with E-state index >= 15 is 0 Å². The molecule has 0 aromatic heterocycles. The molecule has 1 saturated heterocycles. The van der Waals surface area contributed by atoms with E-state index in [1.807, 2.05) is 24.3 Å².